The second kappa shape index (κ2) is 9.41. The maximum absolute atomic E-state index is 13.3. The summed E-state index contributed by atoms with van der Waals surface area (Å²) in [5, 5.41) is 0. The molecule has 8 heteroatoms. The van der Waals surface area contributed by atoms with Crippen LogP contribution >= 0.6 is 0 Å². The monoisotopic (exact) mass is 492 g/mol. The molecule has 3 heterocycles. The summed E-state index contributed by atoms with van der Waals surface area (Å²) in [5.74, 6) is -0.0351. The molecule has 0 radical (unpaired) electrons. The molecule has 0 unspecified atom stereocenters. The van der Waals surface area contributed by atoms with Gasteiger partial charge in [-0.1, -0.05) is 18.2 Å². The van der Waals surface area contributed by atoms with Gasteiger partial charge in [0.05, 0.1) is 28.6 Å². The lowest BCUT2D eigenvalue weighted by molar-refractivity contribution is -0.137. The Hall–Kier alpha value is -3.68. The van der Waals surface area contributed by atoms with Crippen LogP contribution in [0.25, 0.3) is 22.3 Å². The number of amides is 1. The third kappa shape index (κ3) is 4.72. The van der Waals surface area contributed by atoms with Gasteiger partial charge in [-0.2, -0.15) is 13.2 Å². The molecule has 186 valence electrons. The Labute approximate surface area is 207 Å². The average molecular weight is 493 g/mol. The van der Waals surface area contributed by atoms with Gasteiger partial charge in [0, 0.05) is 41.9 Å². The van der Waals surface area contributed by atoms with Crippen LogP contribution in [0.5, 0.6) is 0 Å². The SMILES string of the molecule is CC(C)n1cnc2cc(C(=O)N3CCC[C@H](c4cccc(-c5cccc(C(F)(F)F)c5)n4)C3)ccc21. The van der Waals surface area contributed by atoms with Crippen molar-refractivity contribution in [3.8, 4) is 11.3 Å². The van der Waals surface area contributed by atoms with Gasteiger partial charge < -0.3 is 9.47 Å². The minimum atomic E-state index is -4.41. The third-order valence-corrected chi connectivity index (χ3v) is 6.76. The van der Waals surface area contributed by atoms with Gasteiger partial charge in [-0.25, -0.2) is 4.98 Å². The molecule has 1 atom stereocenters. The van der Waals surface area contributed by atoms with E-state index in [1.54, 1.807) is 18.5 Å². The summed E-state index contributed by atoms with van der Waals surface area (Å²) in [6.45, 7) is 5.34. The van der Waals surface area contributed by atoms with Crippen molar-refractivity contribution in [2.75, 3.05) is 13.1 Å². The van der Waals surface area contributed by atoms with Gasteiger partial charge in [0.1, 0.15) is 0 Å². The molecular formula is C28H27F3N4O. The van der Waals surface area contributed by atoms with Crippen LogP contribution in [0.4, 0.5) is 13.2 Å². The summed E-state index contributed by atoms with van der Waals surface area (Å²) in [6, 6.07) is 16.5. The summed E-state index contributed by atoms with van der Waals surface area (Å²) in [4.78, 5) is 24.3. The molecule has 0 N–H and O–H groups in total. The molecule has 1 saturated heterocycles. The molecule has 1 amide bonds. The molecule has 2 aromatic carbocycles. The highest BCUT2D eigenvalue weighted by atomic mass is 19.4. The molecule has 0 bridgehead atoms. The number of hydrogen-bond donors (Lipinski definition) is 0. The molecule has 1 aliphatic rings. The number of hydrogen-bond acceptors (Lipinski definition) is 3. The normalized spacial score (nSPS) is 16.6. The van der Waals surface area contributed by atoms with Gasteiger partial charge in [0.15, 0.2) is 0 Å². The van der Waals surface area contributed by atoms with E-state index in [2.05, 4.69) is 23.4 Å². The van der Waals surface area contributed by atoms with E-state index in [9.17, 15) is 18.0 Å². The Kier molecular flexibility index (Phi) is 6.28. The van der Waals surface area contributed by atoms with E-state index >= 15 is 0 Å². The summed E-state index contributed by atoms with van der Waals surface area (Å²) < 4.78 is 41.6. The number of halogens is 3. The van der Waals surface area contributed by atoms with Crippen molar-refractivity contribution >= 4 is 16.9 Å². The van der Waals surface area contributed by atoms with Crippen molar-refractivity contribution in [1.29, 1.82) is 0 Å². The predicted octanol–water partition coefficient (Wildman–Crippen LogP) is 6.72. The highest BCUT2D eigenvalue weighted by molar-refractivity contribution is 5.97. The highest BCUT2D eigenvalue weighted by Crippen LogP contribution is 2.33. The molecule has 4 aromatic rings. The maximum Gasteiger partial charge on any atom is 0.416 e. The summed E-state index contributed by atoms with van der Waals surface area (Å²) >= 11 is 0. The Morgan fingerprint density at radius 2 is 1.86 bits per heavy atom. The number of fused-ring (bicyclic) bond motifs is 1. The van der Waals surface area contributed by atoms with Crippen LogP contribution < -0.4 is 0 Å². The highest BCUT2D eigenvalue weighted by Gasteiger charge is 2.31. The third-order valence-electron chi connectivity index (χ3n) is 6.76. The number of benzene rings is 2. The van der Waals surface area contributed by atoms with Gasteiger partial charge in [0.2, 0.25) is 0 Å². The van der Waals surface area contributed by atoms with Gasteiger partial charge in [-0.15, -0.1) is 0 Å². The van der Waals surface area contributed by atoms with Crippen LogP contribution in [0.2, 0.25) is 0 Å². The van der Waals surface area contributed by atoms with Crippen LogP contribution in [0.1, 0.15) is 60.3 Å². The van der Waals surface area contributed by atoms with Gasteiger partial charge in [0.25, 0.3) is 5.91 Å². The molecule has 5 rings (SSSR count). The van der Waals surface area contributed by atoms with Gasteiger partial charge in [-0.05, 0) is 69.2 Å². The molecule has 0 aliphatic carbocycles. The summed E-state index contributed by atoms with van der Waals surface area (Å²) in [6.07, 6.45) is -0.923. The lowest BCUT2D eigenvalue weighted by atomic mass is 9.93. The zero-order chi connectivity index (χ0) is 25.4. The number of piperidine rings is 1. The first-order valence-electron chi connectivity index (χ1n) is 12.1. The minimum absolute atomic E-state index is 0.0114. The number of carbonyl (C=O) groups excluding carboxylic acids is 1. The zero-order valence-electron chi connectivity index (χ0n) is 20.2. The smallest absolute Gasteiger partial charge is 0.338 e. The Balaban J connectivity index is 1.36. The van der Waals surface area contributed by atoms with Crippen molar-refractivity contribution in [3.05, 3.63) is 83.8 Å². The van der Waals surface area contributed by atoms with Crippen molar-refractivity contribution in [2.24, 2.45) is 0 Å². The Morgan fingerprint density at radius 1 is 1.06 bits per heavy atom. The standard InChI is InChI=1S/C28H27F3N4O/c1-18(2)35-17-32-25-15-20(11-12-26(25)35)27(36)34-13-5-7-21(16-34)24-10-4-9-23(33-24)19-6-3-8-22(14-19)28(29,30)31/h3-4,6,8-12,14-15,17-18,21H,5,7,13,16H2,1-2H3/t21-/m0/s1. The van der Waals surface area contributed by atoms with E-state index in [1.807, 2.05) is 35.2 Å². The molecule has 1 aliphatic heterocycles. The number of likely N-dealkylation sites (tertiary alicyclic amines) is 1. The molecule has 2 aromatic heterocycles. The number of carbonyl (C=O) groups is 1. The molecule has 36 heavy (non-hydrogen) atoms. The summed E-state index contributed by atoms with van der Waals surface area (Å²) in [7, 11) is 0. The van der Waals surface area contributed by atoms with E-state index < -0.39 is 11.7 Å². The van der Waals surface area contributed by atoms with Crippen LogP contribution in [-0.4, -0.2) is 38.4 Å². The largest absolute Gasteiger partial charge is 0.416 e. The van der Waals surface area contributed by atoms with Crippen LogP contribution in [0, 0.1) is 0 Å². The van der Waals surface area contributed by atoms with Gasteiger partial charge in [-0.3, -0.25) is 9.78 Å². The number of nitrogens with zero attached hydrogens (tertiary/aromatic N) is 4. The molecule has 5 nitrogen and oxygen atoms in total. The molecule has 0 saturated carbocycles. The van der Waals surface area contributed by atoms with E-state index in [1.165, 1.54) is 6.07 Å². The number of imidazole rings is 1. The Morgan fingerprint density at radius 3 is 2.64 bits per heavy atom. The molecule has 1 fully saturated rings. The number of pyridine rings is 1. The maximum atomic E-state index is 13.3. The predicted molar refractivity (Wildman–Crippen MR) is 133 cm³/mol. The van der Waals surface area contributed by atoms with E-state index in [-0.39, 0.29) is 17.9 Å². The van der Waals surface area contributed by atoms with Crippen molar-refractivity contribution < 1.29 is 18.0 Å². The number of rotatable bonds is 4. The fraction of sp³-hybridized carbons (Fsp3) is 0.321. The van der Waals surface area contributed by atoms with Gasteiger partial charge >= 0.3 is 6.18 Å². The number of aromatic nitrogens is 3. The second-order valence-corrected chi connectivity index (χ2v) is 9.57. The van der Waals surface area contributed by atoms with E-state index in [0.717, 1.165) is 41.7 Å². The second-order valence-electron chi connectivity index (χ2n) is 9.57. The van der Waals surface area contributed by atoms with Crippen molar-refractivity contribution in [3.63, 3.8) is 0 Å². The van der Waals surface area contributed by atoms with Crippen LogP contribution in [0.3, 0.4) is 0 Å². The zero-order valence-corrected chi connectivity index (χ0v) is 20.2. The number of alkyl halides is 3. The fourth-order valence-corrected chi connectivity index (χ4v) is 4.86. The first-order valence-corrected chi connectivity index (χ1v) is 12.1. The summed E-state index contributed by atoms with van der Waals surface area (Å²) in [5.41, 5.74) is 3.39. The molecular weight excluding hydrogens is 465 g/mol. The lowest BCUT2D eigenvalue weighted by Gasteiger charge is -2.32. The topological polar surface area (TPSA) is 51.0 Å². The van der Waals surface area contributed by atoms with Crippen LogP contribution in [0.15, 0.2) is 67.0 Å². The average Bonchev–Trinajstić information content (AvgIpc) is 3.32. The first kappa shape index (κ1) is 24.0. The fourth-order valence-electron chi connectivity index (χ4n) is 4.86. The van der Waals surface area contributed by atoms with Crippen molar-refractivity contribution in [1.82, 2.24) is 19.4 Å². The lowest BCUT2D eigenvalue weighted by Crippen LogP contribution is -2.39. The quantitative estimate of drug-likeness (QED) is 0.318. The molecule has 0 spiro atoms. The van der Waals surface area contributed by atoms with E-state index in [0.29, 0.717) is 29.9 Å². The van der Waals surface area contributed by atoms with E-state index in [4.69, 9.17) is 4.98 Å². The Bertz CT molecular complexity index is 1410. The van der Waals surface area contributed by atoms with Crippen LogP contribution in [-0.2, 0) is 6.18 Å². The first-order chi connectivity index (χ1) is 17.2. The minimum Gasteiger partial charge on any atom is -0.338 e. The van der Waals surface area contributed by atoms with Crippen molar-refractivity contribution in [2.45, 2.75) is 44.8 Å².